The van der Waals surface area contributed by atoms with Gasteiger partial charge in [-0.3, -0.25) is 4.79 Å². The third-order valence-corrected chi connectivity index (χ3v) is 4.51. The van der Waals surface area contributed by atoms with Gasteiger partial charge in [0, 0.05) is 6.20 Å². The lowest BCUT2D eigenvalue weighted by atomic mass is 10.1. The number of thioether (sulfide) groups is 1. The Labute approximate surface area is 129 Å². The highest BCUT2D eigenvalue weighted by Crippen LogP contribution is 2.21. The number of aliphatic carboxylic acids is 1. The molecule has 0 aliphatic rings. The second kappa shape index (κ2) is 7.88. The van der Waals surface area contributed by atoms with Gasteiger partial charge in [-0.1, -0.05) is 30.3 Å². The number of aryl methyl sites for hydroxylation is 2. The first kappa shape index (κ1) is 15.6. The fourth-order valence-corrected chi connectivity index (χ4v) is 3.12. The highest BCUT2D eigenvalue weighted by Gasteiger charge is 2.18. The molecule has 1 atom stereocenters. The minimum Gasteiger partial charge on any atom is -0.480 e. The number of nitrogens with zero attached hydrogens (tertiary/aromatic N) is 1. The van der Waals surface area contributed by atoms with Crippen molar-refractivity contribution in [1.82, 2.24) is 9.97 Å². The lowest BCUT2D eigenvalue weighted by Gasteiger charge is -2.11. The number of aromatic amines is 1. The van der Waals surface area contributed by atoms with Crippen LogP contribution in [0.15, 0.2) is 36.5 Å². The number of carboxylic acids is 1. The van der Waals surface area contributed by atoms with Crippen LogP contribution in [0.3, 0.4) is 0 Å². The van der Waals surface area contributed by atoms with E-state index in [2.05, 4.69) is 22.1 Å². The number of imidazole rings is 1. The molecule has 1 aromatic carbocycles. The van der Waals surface area contributed by atoms with E-state index in [0.29, 0.717) is 12.2 Å². The van der Waals surface area contributed by atoms with Crippen LogP contribution in [0.5, 0.6) is 0 Å². The number of nitrogens with one attached hydrogen (secondary N) is 1. The van der Waals surface area contributed by atoms with Gasteiger partial charge in [0.15, 0.2) is 0 Å². The SMILES string of the molecule is Cc1c[nH]c(CSC(CCCc2ccccc2)C(=O)O)n1. The minimum absolute atomic E-state index is 0.376. The van der Waals surface area contributed by atoms with E-state index in [1.54, 1.807) is 0 Å². The summed E-state index contributed by atoms with van der Waals surface area (Å²) < 4.78 is 0. The molecule has 21 heavy (non-hydrogen) atoms. The summed E-state index contributed by atoms with van der Waals surface area (Å²) in [7, 11) is 0. The first-order valence-corrected chi connectivity index (χ1v) is 8.09. The van der Waals surface area contributed by atoms with Crippen molar-refractivity contribution in [2.24, 2.45) is 0 Å². The van der Waals surface area contributed by atoms with Gasteiger partial charge in [-0.2, -0.15) is 0 Å². The third-order valence-electron chi connectivity index (χ3n) is 3.23. The molecular formula is C16H20N2O2S. The predicted octanol–water partition coefficient (Wildman–Crippen LogP) is 3.43. The summed E-state index contributed by atoms with van der Waals surface area (Å²) in [6, 6.07) is 10.2. The molecule has 5 heteroatoms. The van der Waals surface area contributed by atoms with E-state index in [4.69, 9.17) is 0 Å². The topological polar surface area (TPSA) is 66.0 Å². The average Bonchev–Trinajstić information content (AvgIpc) is 2.89. The molecular weight excluding hydrogens is 284 g/mol. The van der Waals surface area contributed by atoms with Crippen LogP contribution >= 0.6 is 11.8 Å². The molecule has 2 aromatic rings. The Morgan fingerprint density at radius 1 is 1.38 bits per heavy atom. The Kier molecular flexibility index (Phi) is 5.87. The molecule has 0 radical (unpaired) electrons. The van der Waals surface area contributed by atoms with Crippen LogP contribution in [0.1, 0.15) is 29.9 Å². The molecule has 0 amide bonds. The lowest BCUT2D eigenvalue weighted by Crippen LogP contribution is -2.17. The van der Waals surface area contributed by atoms with Gasteiger partial charge in [0.1, 0.15) is 11.1 Å². The Balaban J connectivity index is 1.78. The van der Waals surface area contributed by atoms with Crippen LogP contribution in [0.4, 0.5) is 0 Å². The summed E-state index contributed by atoms with van der Waals surface area (Å²) in [4.78, 5) is 18.7. The molecule has 0 aliphatic carbocycles. The summed E-state index contributed by atoms with van der Waals surface area (Å²) in [6.45, 7) is 1.92. The summed E-state index contributed by atoms with van der Waals surface area (Å²) in [5.74, 6) is 0.707. The highest BCUT2D eigenvalue weighted by molar-refractivity contribution is 7.99. The van der Waals surface area contributed by atoms with Gasteiger partial charge < -0.3 is 10.1 Å². The van der Waals surface area contributed by atoms with E-state index in [1.807, 2.05) is 31.3 Å². The Bertz CT molecular complexity index is 569. The molecule has 0 saturated heterocycles. The Morgan fingerprint density at radius 2 is 2.14 bits per heavy atom. The fourth-order valence-electron chi connectivity index (χ4n) is 2.13. The number of hydrogen-bond donors (Lipinski definition) is 2. The number of carbonyl (C=O) groups is 1. The van der Waals surface area contributed by atoms with Gasteiger partial charge in [0.05, 0.1) is 11.4 Å². The fraction of sp³-hybridized carbons (Fsp3) is 0.375. The van der Waals surface area contributed by atoms with Crippen molar-refractivity contribution in [3.63, 3.8) is 0 Å². The standard InChI is InChI=1S/C16H20N2O2S/c1-12-10-17-15(18-12)11-21-14(16(19)20)9-5-8-13-6-3-2-4-7-13/h2-4,6-7,10,14H,5,8-9,11H2,1H3,(H,17,18)(H,19,20). The summed E-state index contributed by atoms with van der Waals surface area (Å²) in [6.07, 6.45) is 4.31. The summed E-state index contributed by atoms with van der Waals surface area (Å²) >= 11 is 1.44. The number of benzene rings is 1. The summed E-state index contributed by atoms with van der Waals surface area (Å²) in [5, 5.41) is 8.93. The smallest absolute Gasteiger partial charge is 0.316 e. The van der Waals surface area contributed by atoms with E-state index < -0.39 is 5.97 Å². The molecule has 2 rings (SSSR count). The zero-order valence-electron chi connectivity index (χ0n) is 12.1. The van der Waals surface area contributed by atoms with E-state index in [1.165, 1.54) is 17.3 Å². The van der Waals surface area contributed by atoms with E-state index >= 15 is 0 Å². The molecule has 1 heterocycles. The van der Waals surface area contributed by atoms with Gasteiger partial charge in [-0.25, -0.2) is 4.98 Å². The predicted molar refractivity (Wildman–Crippen MR) is 85.4 cm³/mol. The maximum absolute atomic E-state index is 11.3. The van der Waals surface area contributed by atoms with Crippen LogP contribution in [-0.4, -0.2) is 26.3 Å². The maximum atomic E-state index is 11.3. The maximum Gasteiger partial charge on any atom is 0.316 e. The van der Waals surface area contributed by atoms with E-state index in [9.17, 15) is 9.90 Å². The van der Waals surface area contributed by atoms with Gasteiger partial charge in [-0.15, -0.1) is 11.8 Å². The molecule has 1 unspecified atom stereocenters. The second-order valence-corrected chi connectivity index (χ2v) is 6.20. The number of hydrogen-bond acceptors (Lipinski definition) is 3. The molecule has 0 fully saturated rings. The van der Waals surface area contributed by atoms with Crippen molar-refractivity contribution in [3.05, 3.63) is 53.6 Å². The van der Waals surface area contributed by atoms with Crippen molar-refractivity contribution < 1.29 is 9.90 Å². The van der Waals surface area contributed by atoms with Crippen LogP contribution in [0, 0.1) is 6.92 Å². The molecule has 0 saturated carbocycles. The minimum atomic E-state index is -0.740. The molecule has 1 aromatic heterocycles. The number of carboxylic acid groups (broad SMARTS) is 1. The van der Waals surface area contributed by atoms with E-state index in [0.717, 1.165) is 24.4 Å². The molecule has 112 valence electrons. The molecule has 0 aliphatic heterocycles. The lowest BCUT2D eigenvalue weighted by molar-refractivity contribution is -0.136. The highest BCUT2D eigenvalue weighted by atomic mass is 32.2. The molecule has 0 bridgehead atoms. The second-order valence-electron chi connectivity index (χ2n) is 5.00. The van der Waals surface area contributed by atoms with Gasteiger partial charge in [-0.05, 0) is 31.7 Å². The normalized spacial score (nSPS) is 12.2. The first-order chi connectivity index (χ1) is 10.1. The van der Waals surface area contributed by atoms with Gasteiger partial charge in [0.2, 0.25) is 0 Å². The molecule has 0 spiro atoms. The van der Waals surface area contributed by atoms with E-state index in [-0.39, 0.29) is 5.25 Å². The number of H-pyrrole nitrogens is 1. The summed E-state index contributed by atoms with van der Waals surface area (Å²) in [5.41, 5.74) is 2.19. The van der Waals surface area contributed by atoms with Crippen molar-refractivity contribution in [1.29, 1.82) is 0 Å². The van der Waals surface area contributed by atoms with Crippen molar-refractivity contribution >= 4 is 17.7 Å². The number of rotatable bonds is 8. The van der Waals surface area contributed by atoms with Crippen LogP contribution < -0.4 is 0 Å². The van der Waals surface area contributed by atoms with Crippen LogP contribution in [0.2, 0.25) is 0 Å². The average molecular weight is 304 g/mol. The van der Waals surface area contributed by atoms with Crippen molar-refractivity contribution in [2.45, 2.75) is 37.2 Å². The first-order valence-electron chi connectivity index (χ1n) is 7.04. The van der Waals surface area contributed by atoms with Gasteiger partial charge in [0.25, 0.3) is 0 Å². The Morgan fingerprint density at radius 3 is 2.76 bits per heavy atom. The third kappa shape index (κ3) is 5.27. The zero-order valence-corrected chi connectivity index (χ0v) is 12.9. The molecule has 2 N–H and O–H groups in total. The number of aromatic nitrogens is 2. The monoisotopic (exact) mass is 304 g/mol. The zero-order chi connectivity index (χ0) is 15.1. The van der Waals surface area contributed by atoms with Crippen LogP contribution in [-0.2, 0) is 17.0 Å². The van der Waals surface area contributed by atoms with Crippen molar-refractivity contribution in [3.8, 4) is 0 Å². The van der Waals surface area contributed by atoms with Gasteiger partial charge >= 0.3 is 5.97 Å². The van der Waals surface area contributed by atoms with Crippen molar-refractivity contribution in [2.75, 3.05) is 0 Å². The largest absolute Gasteiger partial charge is 0.480 e. The quantitative estimate of drug-likeness (QED) is 0.784. The molecule has 4 nitrogen and oxygen atoms in total. The Hall–Kier alpha value is -1.75. The van der Waals surface area contributed by atoms with Crippen LogP contribution in [0.25, 0.3) is 0 Å².